The second-order valence-electron chi connectivity index (χ2n) is 5.89. The molecule has 21 heavy (non-hydrogen) atoms. The number of carboxylic acids is 1. The highest BCUT2D eigenvalue weighted by Gasteiger charge is 2.43. The quantitative estimate of drug-likeness (QED) is 0.938. The van der Waals surface area contributed by atoms with Crippen LogP contribution in [0.1, 0.15) is 25.3 Å². The zero-order valence-electron chi connectivity index (χ0n) is 12.2. The average molecular weight is 284 g/mol. The second kappa shape index (κ2) is 5.45. The largest absolute Gasteiger partial charge is 0.481 e. The summed E-state index contributed by atoms with van der Waals surface area (Å²) in [5.41, 5.74) is 1.62. The van der Waals surface area contributed by atoms with Crippen LogP contribution in [0.5, 0.6) is 0 Å². The summed E-state index contributed by atoms with van der Waals surface area (Å²) in [6, 6.07) is 10.2. The molecule has 1 atom stereocenters. The molecule has 3 rings (SSSR count). The molecule has 1 aliphatic rings. The molecule has 1 saturated heterocycles. The molecule has 0 aliphatic carbocycles. The molecule has 1 unspecified atom stereocenters. The zero-order chi connectivity index (χ0) is 14.9. The molecular weight excluding hydrogens is 264 g/mol. The van der Waals surface area contributed by atoms with Crippen LogP contribution in [0.2, 0.25) is 0 Å². The van der Waals surface area contributed by atoms with E-state index in [-0.39, 0.29) is 0 Å². The van der Waals surface area contributed by atoms with E-state index in [1.807, 2.05) is 25.3 Å². The molecule has 2 aromatic rings. The molecule has 1 N–H and O–H groups in total. The minimum absolute atomic E-state index is 0.571. The van der Waals surface area contributed by atoms with Crippen LogP contribution in [0.15, 0.2) is 36.5 Å². The Kier molecular flexibility index (Phi) is 3.64. The van der Waals surface area contributed by atoms with E-state index in [2.05, 4.69) is 28.1 Å². The maximum absolute atomic E-state index is 11.5. The van der Waals surface area contributed by atoms with Gasteiger partial charge in [-0.15, -0.1) is 0 Å². The third-order valence-corrected chi connectivity index (χ3v) is 4.67. The maximum atomic E-state index is 11.5. The van der Waals surface area contributed by atoms with Gasteiger partial charge in [0.05, 0.1) is 10.9 Å². The first kappa shape index (κ1) is 14.0. The van der Waals surface area contributed by atoms with Crippen LogP contribution >= 0.6 is 0 Å². The fraction of sp³-hybridized carbons (Fsp3) is 0.412. The van der Waals surface area contributed by atoms with Gasteiger partial charge in [0.15, 0.2) is 0 Å². The summed E-state index contributed by atoms with van der Waals surface area (Å²) in [7, 11) is 0. The predicted molar refractivity (Wildman–Crippen MR) is 82.0 cm³/mol. The summed E-state index contributed by atoms with van der Waals surface area (Å²) in [5.74, 6) is -0.663. The van der Waals surface area contributed by atoms with E-state index in [1.54, 1.807) is 0 Å². The molecule has 0 amide bonds. The van der Waals surface area contributed by atoms with Crippen LogP contribution < -0.4 is 0 Å². The first-order valence-corrected chi connectivity index (χ1v) is 7.43. The Balaban J connectivity index is 1.83. The van der Waals surface area contributed by atoms with Gasteiger partial charge in [0.2, 0.25) is 0 Å². The molecule has 0 saturated carbocycles. The van der Waals surface area contributed by atoms with Gasteiger partial charge < -0.3 is 5.11 Å². The molecule has 0 spiro atoms. The van der Waals surface area contributed by atoms with E-state index < -0.39 is 11.4 Å². The van der Waals surface area contributed by atoms with Gasteiger partial charge >= 0.3 is 5.97 Å². The fourth-order valence-corrected chi connectivity index (χ4v) is 3.24. The van der Waals surface area contributed by atoms with Gasteiger partial charge in [-0.25, -0.2) is 0 Å². The number of likely N-dealkylation sites (tertiary alicyclic amines) is 1. The summed E-state index contributed by atoms with van der Waals surface area (Å²) < 4.78 is 0. The van der Waals surface area contributed by atoms with E-state index >= 15 is 0 Å². The lowest BCUT2D eigenvalue weighted by Gasteiger charge is -2.23. The van der Waals surface area contributed by atoms with Crippen molar-refractivity contribution in [2.45, 2.75) is 26.3 Å². The minimum atomic E-state index is -0.663. The molecule has 0 bridgehead atoms. The van der Waals surface area contributed by atoms with Crippen LogP contribution in [0.25, 0.3) is 10.9 Å². The molecule has 1 aliphatic heterocycles. The molecule has 1 aromatic carbocycles. The van der Waals surface area contributed by atoms with E-state index in [0.717, 1.165) is 30.4 Å². The number of benzene rings is 1. The summed E-state index contributed by atoms with van der Waals surface area (Å²) in [6.45, 7) is 4.20. The maximum Gasteiger partial charge on any atom is 0.310 e. The lowest BCUT2D eigenvalue weighted by molar-refractivity contribution is -0.148. The van der Waals surface area contributed by atoms with Crippen molar-refractivity contribution >= 4 is 16.9 Å². The summed E-state index contributed by atoms with van der Waals surface area (Å²) >= 11 is 0. The van der Waals surface area contributed by atoms with Gasteiger partial charge in [-0.05, 0) is 31.0 Å². The van der Waals surface area contributed by atoms with Gasteiger partial charge in [0, 0.05) is 24.7 Å². The number of aromatic nitrogens is 1. The molecule has 4 nitrogen and oxygen atoms in total. The summed E-state index contributed by atoms with van der Waals surface area (Å²) in [5, 5.41) is 10.6. The molecule has 1 aromatic heterocycles. The van der Waals surface area contributed by atoms with Gasteiger partial charge in [0.25, 0.3) is 0 Å². The van der Waals surface area contributed by atoms with Crippen molar-refractivity contribution in [3.8, 4) is 0 Å². The van der Waals surface area contributed by atoms with Crippen molar-refractivity contribution in [1.82, 2.24) is 9.88 Å². The number of nitrogens with zero attached hydrogens (tertiary/aromatic N) is 2. The van der Waals surface area contributed by atoms with Crippen molar-refractivity contribution < 1.29 is 9.90 Å². The Hall–Kier alpha value is -1.94. The Labute approximate surface area is 124 Å². The molecule has 110 valence electrons. The second-order valence-corrected chi connectivity index (χ2v) is 5.89. The third-order valence-electron chi connectivity index (χ3n) is 4.67. The third kappa shape index (κ3) is 2.51. The minimum Gasteiger partial charge on any atom is -0.481 e. The summed E-state index contributed by atoms with van der Waals surface area (Å²) in [4.78, 5) is 18.2. The SMILES string of the molecule is CCC1(C(=O)O)CCN(Cc2cccc3cccnc23)C1. The highest BCUT2D eigenvalue weighted by molar-refractivity contribution is 5.81. The number of carbonyl (C=O) groups is 1. The normalized spacial score (nSPS) is 22.7. The molecular formula is C17H20N2O2. The van der Waals surface area contributed by atoms with Gasteiger partial charge in [-0.3, -0.25) is 14.7 Å². The lowest BCUT2D eigenvalue weighted by Crippen LogP contribution is -2.33. The van der Waals surface area contributed by atoms with E-state index in [9.17, 15) is 9.90 Å². The smallest absolute Gasteiger partial charge is 0.310 e. The highest BCUT2D eigenvalue weighted by atomic mass is 16.4. The van der Waals surface area contributed by atoms with E-state index in [4.69, 9.17) is 0 Å². The molecule has 1 fully saturated rings. The number of hydrogen-bond acceptors (Lipinski definition) is 3. The van der Waals surface area contributed by atoms with Crippen molar-refractivity contribution in [2.75, 3.05) is 13.1 Å². The van der Waals surface area contributed by atoms with Crippen molar-refractivity contribution in [3.63, 3.8) is 0 Å². The number of fused-ring (bicyclic) bond motifs is 1. The number of carboxylic acid groups (broad SMARTS) is 1. The number of para-hydroxylation sites is 1. The predicted octanol–water partition coefficient (Wildman–Crippen LogP) is 2.92. The Morgan fingerprint density at radius 2 is 2.19 bits per heavy atom. The molecule has 2 heterocycles. The Morgan fingerprint density at radius 3 is 2.90 bits per heavy atom. The van der Waals surface area contributed by atoms with Gasteiger partial charge in [0.1, 0.15) is 0 Å². The standard InChI is InChI=1S/C17H20N2O2/c1-2-17(16(20)21)8-10-19(12-17)11-14-6-3-5-13-7-4-9-18-15(13)14/h3-7,9H,2,8,10-12H2,1H3,(H,20,21). The first-order chi connectivity index (χ1) is 10.1. The van der Waals surface area contributed by atoms with Gasteiger partial charge in [-0.1, -0.05) is 31.2 Å². The number of rotatable bonds is 4. The van der Waals surface area contributed by atoms with Crippen LogP contribution in [0.3, 0.4) is 0 Å². The monoisotopic (exact) mass is 284 g/mol. The van der Waals surface area contributed by atoms with E-state index in [0.29, 0.717) is 13.0 Å². The Morgan fingerprint density at radius 1 is 1.38 bits per heavy atom. The van der Waals surface area contributed by atoms with Crippen molar-refractivity contribution in [3.05, 3.63) is 42.1 Å². The van der Waals surface area contributed by atoms with Crippen LogP contribution in [-0.4, -0.2) is 34.0 Å². The fourth-order valence-electron chi connectivity index (χ4n) is 3.24. The molecule has 0 radical (unpaired) electrons. The van der Waals surface area contributed by atoms with Crippen LogP contribution in [0, 0.1) is 5.41 Å². The van der Waals surface area contributed by atoms with Crippen molar-refractivity contribution in [1.29, 1.82) is 0 Å². The number of hydrogen-bond donors (Lipinski definition) is 1. The zero-order valence-corrected chi connectivity index (χ0v) is 12.2. The summed E-state index contributed by atoms with van der Waals surface area (Å²) in [6.07, 6.45) is 3.23. The lowest BCUT2D eigenvalue weighted by atomic mass is 9.84. The number of pyridine rings is 1. The van der Waals surface area contributed by atoms with Crippen LogP contribution in [-0.2, 0) is 11.3 Å². The first-order valence-electron chi connectivity index (χ1n) is 7.43. The Bertz CT molecular complexity index is 665. The topological polar surface area (TPSA) is 53.4 Å². The van der Waals surface area contributed by atoms with Crippen molar-refractivity contribution in [2.24, 2.45) is 5.41 Å². The van der Waals surface area contributed by atoms with E-state index in [1.165, 1.54) is 5.56 Å². The number of aliphatic carboxylic acids is 1. The van der Waals surface area contributed by atoms with Gasteiger partial charge in [-0.2, -0.15) is 0 Å². The average Bonchev–Trinajstić information content (AvgIpc) is 2.92. The molecule has 4 heteroatoms. The van der Waals surface area contributed by atoms with Crippen LogP contribution in [0.4, 0.5) is 0 Å². The highest BCUT2D eigenvalue weighted by Crippen LogP contribution is 2.35.